The lowest BCUT2D eigenvalue weighted by Gasteiger charge is -2.16. The van der Waals surface area contributed by atoms with Gasteiger partial charge in [-0.15, -0.1) is 5.10 Å². The van der Waals surface area contributed by atoms with Crippen LogP contribution in [0.5, 0.6) is 5.75 Å². The number of aromatic nitrogens is 2. The molecule has 0 aliphatic carbocycles. The van der Waals surface area contributed by atoms with Crippen LogP contribution in [-0.4, -0.2) is 21.3 Å². The van der Waals surface area contributed by atoms with Crippen LogP contribution in [-0.2, 0) is 19.2 Å². The number of carboxylic acid groups (broad SMARTS) is 1. The summed E-state index contributed by atoms with van der Waals surface area (Å²) in [6.07, 6.45) is -4.22. The molecule has 5 aromatic rings. The third kappa shape index (κ3) is 5.71. The molecule has 0 saturated carbocycles. The molecule has 0 atom stereocenters. The third-order valence-corrected chi connectivity index (χ3v) is 6.55. The van der Waals surface area contributed by atoms with Gasteiger partial charge < -0.3 is 9.84 Å². The molecule has 1 heterocycles. The van der Waals surface area contributed by atoms with E-state index in [1.165, 1.54) is 18.2 Å². The minimum Gasteiger partial charge on any atom is -0.489 e. The quantitative estimate of drug-likeness (QED) is 0.224. The minimum absolute atomic E-state index is 0.0620. The van der Waals surface area contributed by atoms with E-state index in [4.69, 9.17) is 21.4 Å². The van der Waals surface area contributed by atoms with E-state index in [2.05, 4.69) is 10.2 Å². The van der Waals surface area contributed by atoms with Crippen LogP contribution in [0.1, 0.15) is 32.7 Å². The lowest BCUT2D eigenvalue weighted by Crippen LogP contribution is -2.09. The Kier molecular flexibility index (Phi) is 7.21. The standard InChI is InChI=1S/C30H20ClF3N2O3/c31-25-16-20(29(37)38)12-13-21(25)17-39-22-9-4-8-19(15-22)27-23-10-5-11-24(30(32,33)34)28(23)36-35-26(27)14-18-6-2-1-3-7-18/h1-13,15-16H,14,17H2,(H,37,38). The maximum absolute atomic E-state index is 13.8. The van der Waals surface area contributed by atoms with Crippen molar-refractivity contribution in [2.45, 2.75) is 19.2 Å². The zero-order chi connectivity index (χ0) is 27.6. The molecule has 0 saturated heterocycles. The van der Waals surface area contributed by atoms with Crippen LogP contribution in [0.15, 0.2) is 91.0 Å². The Bertz CT molecular complexity index is 1670. The highest BCUT2D eigenvalue weighted by atomic mass is 35.5. The molecule has 1 N–H and O–H groups in total. The van der Waals surface area contributed by atoms with Crippen LogP contribution in [0, 0.1) is 0 Å². The van der Waals surface area contributed by atoms with Crippen molar-refractivity contribution in [1.82, 2.24) is 10.2 Å². The zero-order valence-electron chi connectivity index (χ0n) is 20.2. The molecule has 196 valence electrons. The molecular weight excluding hydrogens is 529 g/mol. The van der Waals surface area contributed by atoms with E-state index in [-0.39, 0.29) is 22.7 Å². The smallest absolute Gasteiger partial charge is 0.418 e. The summed E-state index contributed by atoms with van der Waals surface area (Å²) in [7, 11) is 0. The van der Waals surface area contributed by atoms with Gasteiger partial charge in [-0.3, -0.25) is 0 Å². The minimum atomic E-state index is -4.59. The van der Waals surface area contributed by atoms with E-state index in [0.717, 1.165) is 11.6 Å². The molecule has 0 aliphatic rings. The highest BCUT2D eigenvalue weighted by Crippen LogP contribution is 2.39. The maximum atomic E-state index is 13.8. The number of benzene rings is 4. The first-order valence-electron chi connectivity index (χ1n) is 11.8. The van der Waals surface area contributed by atoms with Crippen molar-refractivity contribution in [3.05, 3.63) is 124 Å². The summed E-state index contributed by atoms with van der Waals surface area (Å²) in [5.41, 5.74) is 2.17. The number of rotatable bonds is 7. The molecule has 0 fully saturated rings. The zero-order valence-corrected chi connectivity index (χ0v) is 21.0. The van der Waals surface area contributed by atoms with Crippen LogP contribution < -0.4 is 4.74 Å². The molecule has 0 bridgehead atoms. The average molecular weight is 549 g/mol. The first-order chi connectivity index (χ1) is 18.7. The van der Waals surface area contributed by atoms with Crippen molar-refractivity contribution >= 4 is 28.5 Å². The number of alkyl halides is 3. The first kappa shape index (κ1) is 26.2. The van der Waals surface area contributed by atoms with E-state index in [0.29, 0.717) is 39.9 Å². The van der Waals surface area contributed by atoms with Gasteiger partial charge >= 0.3 is 12.1 Å². The van der Waals surface area contributed by atoms with Crippen molar-refractivity contribution in [2.24, 2.45) is 0 Å². The molecule has 0 amide bonds. The summed E-state index contributed by atoms with van der Waals surface area (Å²) in [5, 5.41) is 18.0. The fourth-order valence-corrected chi connectivity index (χ4v) is 4.57. The van der Waals surface area contributed by atoms with Crippen molar-refractivity contribution in [2.75, 3.05) is 0 Å². The van der Waals surface area contributed by atoms with Gasteiger partial charge in [0.2, 0.25) is 0 Å². The monoisotopic (exact) mass is 548 g/mol. The highest BCUT2D eigenvalue weighted by molar-refractivity contribution is 6.31. The van der Waals surface area contributed by atoms with Crippen molar-refractivity contribution in [1.29, 1.82) is 0 Å². The molecule has 39 heavy (non-hydrogen) atoms. The number of nitrogens with zero attached hydrogens (tertiary/aromatic N) is 2. The predicted octanol–water partition coefficient (Wildman–Crippen LogP) is 7.84. The van der Waals surface area contributed by atoms with Gasteiger partial charge in [0, 0.05) is 28.0 Å². The summed E-state index contributed by atoms with van der Waals surface area (Å²) in [4.78, 5) is 11.2. The lowest BCUT2D eigenvalue weighted by atomic mass is 9.94. The van der Waals surface area contributed by atoms with Crippen LogP contribution in [0.25, 0.3) is 22.0 Å². The Morgan fingerprint density at radius 3 is 2.38 bits per heavy atom. The van der Waals surface area contributed by atoms with Crippen LogP contribution >= 0.6 is 11.6 Å². The number of aromatic carboxylic acids is 1. The fourth-order valence-electron chi connectivity index (χ4n) is 4.33. The van der Waals surface area contributed by atoms with Crippen molar-refractivity contribution in [3.8, 4) is 16.9 Å². The number of carbonyl (C=O) groups is 1. The first-order valence-corrected chi connectivity index (χ1v) is 12.2. The Hall–Kier alpha value is -4.43. The third-order valence-electron chi connectivity index (χ3n) is 6.20. The Morgan fingerprint density at radius 2 is 1.67 bits per heavy atom. The van der Waals surface area contributed by atoms with E-state index >= 15 is 0 Å². The van der Waals surface area contributed by atoms with Gasteiger partial charge in [-0.1, -0.05) is 72.3 Å². The second kappa shape index (κ2) is 10.7. The number of hydrogen-bond donors (Lipinski definition) is 1. The van der Waals surface area contributed by atoms with Crippen LogP contribution in [0.3, 0.4) is 0 Å². The number of hydrogen-bond acceptors (Lipinski definition) is 4. The molecule has 0 radical (unpaired) electrons. The summed E-state index contributed by atoms with van der Waals surface area (Å²) in [5.74, 6) is -0.635. The number of carboxylic acids is 1. The Balaban J connectivity index is 1.56. The molecule has 0 spiro atoms. The molecule has 9 heteroatoms. The molecule has 0 unspecified atom stereocenters. The second-order valence-electron chi connectivity index (χ2n) is 8.81. The maximum Gasteiger partial charge on any atom is 0.418 e. The van der Waals surface area contributed by atoms with E-state index in [9.17, 15) is 18.0 Å². The Morgan fingerprint density at radius 1 is 0.897 bits per heavy atom. The molecular formula is C30H20ClF3N2O3. The lowest BCUT2D eigenvalue weighted by molar-refractivity contribution is -0.136. The second-order valence-corrected chi connectivity index (χ2v) is 9.22. The molecule has 0 aliphatic heterocycles. The van der Waals surface area contributed by atoms with Gasteiger partial charge in [0.15, 0.2) is 0 Å². The van der Waals surface area contributed by atoms with Crippen molar-refractivity contribution in [3.63, 3.8) is 0 Å². The van der Waals surface area contributed by atoms with Crippen molar-refractivity contribution < 1.29 is 27.8 Å². The van der Waals surface area contributed by atoms with Crippen LogP contribution in [0.4, 0.5) is 13.2 Å². The largest absolute Gasteiger partial charge is 0.489 e. The Labute approximate surface area is 226 Å². The van der Waals surface area contributed by atoms with E-state index in [1.807, 2.05) is 30.3 Å². The fraction of sp³-hybridized carbons (Fsp3) is 0.100. The summed E-state index contributed by atoms with van der Waals surface area (Å²) >= 11 is 6.23. The van der Waals surface area contributed by atoms with E-state index in [1.54, 1.807) is 36.4 Å². The normalized spacial score (nSPS) is 11.5. The summed E-state index contributed by atoms with van der Waals surface area (Å²) in [6.45, 7) is 0.0621. The number of fused-ring (bicyclic) bond motifs is 1. The molecule has 1 aromatic heterocycles. The van der Waals surface area contributed by atoms with Gasteiger partial charge in [0.1, 0.15) is 17.9 Å². The molecule has 4 aromatic carbocycles. The molecule has 5 rings (SSSR count). The van der Waals surface area contributed by atoms with Gasteiger partial charge in [-0.2, -0.15) is 18.3 Å². The van der Waals surface area contributed by atoms with Crippen LogP contribution in [0.2, 0.25) is 5.02 Å². The summed E-state index contributed by atoms with van der Waals surface area (Å²) < 4.78 is 47.3. The van der Waals surface area contributed by atoms with E-state index < -0.39 is 17.7 Å². The molecule has 5 nitrogen and oxygen atoms in total. The van der Waals surface area contributed by atoms with Gasteiger partial charge in [0.25, 0.3) is 0 Å². The predicted molar refractivity (Wildman–Crippen MR) is 142 cm³/mol. The number of ether oxygens (including phenoxy) is 1. The average Bonchev–Trinajstić information content (AvgIpc) is 2.92. The SMILES string of the molecule is O=C(O)c1ccc(COc2cccc(-c3c(Cc4ccccc4)nnc4c(C(F)(F)F)cccc34)c2)c(Cl)c1. The van der Waals surface area contributed by atoms with Gasteiger partial charge in [-0.25, -0.2) is 4.79 Å². The van der Waals surface area contributed by atoms with Gasteiger partial charge in [0.05, 0.1) is 16.8 Å². The number of halogens is 4. The topological polar surface area (TPSA) is 72.3 Å². The summed E-state index contributed by atoms with van der Waals surface area (Å²) in [6, 6.07) is 24.8. The van der Waals surface area contributed by atoms with Gasteiger partial charge in [-0.05, 0) is 41.5 Å². The highest BCUT2D eigenvalue weighted by Gasteiger charge is 2.34.